The highest BCUT2D eigenvalue weighted by Gasteiger charge is 2.32. The molecule has 0 unspecified atom stereocenters. The Morgan fingerprint density at radius 1 is 1.33 bits per heavy atom. The highest BCUT2D eigenvalue weighted by Crippen LogP contribution is 2.27. The Hall–Kier alpha value is -2.23. The molecule has 0 radical (unpaired) electrons. The topological polar surface area (TPSA) is 88.0 Å². The molecular weight excluding hydrogens is 309 g/mol. The minimum atomic E-state index is -4.51. The fourth-order valence-electron chi connectivity index (χ4n) is 1.40. The Labute approximate surface area is 120 Å². The maximum atomic E-state index is 12.3. The van der Waals surface area contributed by atoms with Gasteiger partial charge in [0, 0.05) is 18.3 Å². The van der Waals surface area contributed by atoms with E-state index in [4.69, 9.17) is 5.11 Å². The maximum absolute atomic E-state index is 12.3. The van der Waals surface area contributed by atoms with Crippen LogP contribution >= 0.6 is 11.3 Å². The third-order valence-corrected chi connectivity index (χ3v) is 3.28. The Morgan fingerprint density at radius 3 is 2.62 bits per heavy atom. The van der Waals surface area contributed by atoms with E-state index in [1.165, 1.54) is 22.8 Å². The number of anilines is 1. The lowest BCUT2D eigenvalue weighted by atomic mass is 10.3. The van der Waals surface area contributed by atoms with Crippen LogP contribution in [0.4, 0.5) is 19.0 Å². The molecule has 2 heterocycles. The van der Waals surface area contributed by atoms with E-state index >= 15 is 0 Å². The molecule has 0 fully saturated rings. The summed E-state index contributed by atoms with van der Waals surface area (Å²) in [5.41, 5.74) is -1.08. The number of thiazole rings is 1. The Bertz CT molecular complexity index is 627. The molecule has 112 valence electrons. The van der Waals surface area contributed by atoms with Crippen molar-refractivity contribution < 1.29 is 23.1 Å². The van der Waals surface area contributed by atoms with Gasteiger partial charge in [0.25, 0.3) is 0 Å². The molecular formula is C11H9F3N4O2S. The van der Waals surface area contributed by atoms with Crippen LogP contribution in [0, 0.1) is 0 Å². The normalized spacial score (nSPS) is 11.4. The van der Waals surface area contributed by atoms with Crippen molar-refractivity contribution in [3.05, 3.63) is 33.9 Å². The minimum Gasteiger partial charge on any atom is -0.476 e. The fourth-order valence-corrected chi connectivity index (χ4v) is 2.17. The number of halogens is 3. The van der Waals surface area contributed by atoms with Crippen LogP contribution in [0.1, 0.15) is 21.2 Å². The van der Waals surface area contributed by atoms with Crippen LogP contribution in [0.5, 0.6) is 0 Å². The van der Waals surface area contributed by atoms with Gasteiger partial charge in [-0.05, 0) is 12.1 Å². The van der Waals surface area contributed by atoms with Gasteiger partial charge in [0.05, 0.1) is 5.01 Å². The lowest BCUT2D eigenvalue weighted by molar-refractivity contribution is -0.141. The third kappa shape index (κ3) is 4.12. The first-order chi connectivity index (χ1) is 9.86. The number of nitrogens with one attached hydrogen (secondary N) is 1. The molecule has 0 atom stereocenters. The first kappa shape index (κ1) is 15.2. The smallest absolute Gasteiger partial charge is 0.435 e. The highest BCUT2D eigenvalue weighted by molar-refractivity contribution is 7.09. The molecule has 0 saturated carbocycles. The third-order valence-electron chi connectivity index (χ3n) is 2.37. The molecule has 0 saturated heterocycles. The summed E-state index contributed by atoms with van der Waals surface area (Å²) in [5, 5.41) is 20.0. The van der Waals surface area contributed by atoms with Gasteiger partial charge in [-0.1, -0.05) is 0 Å². The number of aromatic nitrogens is 3. The largest absolute Gasteiger partial charge is 0.476 e. The summed E-state index contributed by atoms with van der Waals surface area (Å²) in [6.45, 7) is 0.354. The van der Waals surface area contributed by atoms with Crippen LogP contribution in [0.2, 0.25) is 0 Å². The molecule has 21 heavy (non-hydrogen) atoms. The molecule has 10 heteroatoms. The number of carboxylic acids is 1. The second-order valence-electron chi connectivity index (χ2n) is 3.91. The zero-order chi connectivity index (χ0) is 15.5. The van der Waals surface area contributed by atoms with Crippen LogP contribution in [0.25, 0.3) is 0 Å². The van der Waals surface area contributed by atoms with Crippen molar-refractivity contribution in [3.8, 4) is 0 Å². The van der Waals surface area contributed by atoms with Gasteiger partial charge in [-0.25, -0.2) is 9.78 Å². The van der Waals surface area contributed by atoms with E-state index in [1.54, 1.807) is 0 Å². The summed E-state index contributed by atoms with van der Waals surface area (Å²) in [5.74, 6) is -0.892. The average Bonchev–Trinajstić information content (AvgIpc) is 2.87. The number of hydrogen-bond acceptors (Lipinski definition) is 6. The van der Waals surface area contributed by atoms with Crippen molar-refractivity contribution in [1.29, 1.82) is 0 Å². The van der Waals surface area contributed by atoms with Crippen molar-refractivity contribution in [2.45, 2.75) is 12.6 Å². The second-order valence-corrected chi connectivity index (χ2v) is 4.85. The SMILES string of the molecule is O=C(O)c1csc(CCNc2ccc(C(F)(F)F)nn2)n1. The maximum Gasteiger partial charge on any atom is 0.435 e. The van der Waals surface area contributed by atoms with Crippen molar-refractivity contribution in [2.75, 3.05) is 11.9 Å². The van der Waals surface area contributed by atoms with Crippen molar-refractivity contribution in [2.24, 2.45) is 0 Å². The van der Waals surface area contributed by atoms with Crippen LogP contribution in [-0.2, 0) is 12.6 Å². The first-order valence-electron chi connectivity index (χ1n) is 5.69. The number of carboxylic acid groups (broad SMARTS) is 1. The summed E-state index contributed by atoms with van der Waals surface area (Å²) >= 11 is 1.20. The molecule has 2 rings (SSSR count). The summed E-state index contributed by atoms with van der Waals surface area (Å²) in [6.07, 6.45) is -4.08. The Kier molecular flexibility index (Phi) is 4.36. The molecule has 2 aromatic heterocycles. The van der Waals surface area contributed by atoms with Crippen LogP contribution in [-0.4, -0.2) is 32.8 Å². The van der Waals surface area contributed by atoms with E-state index < -0.39 is 17.8 Å². The molecule has 0 aliphatic heterocycles. The number of nitrogens with zero attached hydrogens (tertiary/aromatic N) is 3. The van der Waals surface area contributed by atoms with Crippen molar-refractivity contribution in [1.82, 2.24) is 15.2 Å². The van der Waals surface area contributed by atoms with Crippen LogP contribution in [0.3, 0.4) is 0 Å². The van der Waals surface area contributed by atoms with Gasteiger partial charge in [-0.2, -0.15) is 13.2 Å². The standard InChI is InChI=1S/C11H9F3N4O2S/c12-11(13,14)7-1-2-8(18-17-7)15-4-3-9-16-6(5-21-9)10(19)20/h1-2,5H,3-4H2,(H,15,18)(H,19,20). The first-order valence-corrected chi connectivity index (χ1v) is 6.57. The molecule has 0 aliphatic carbocycles. The van der Waals surface area contributed by atoms with Crippen molar-refractivity contribution in [3.63, 3.8) is 0 Å². The van der Waals surface area contributed by atoms with E-state index in [9.17, 15) is 18.0 Å². The predicted octanol–water partition coefficient (Wildman–Crippen LogP) is 2.30. The van der Waals surface area contributed by atoms with Crippen LogP contribution in [0.15, 0.2) is 17.5 Å². The van der Waals surface area contributed by atoms with E-state index in [-0.39, 0.29) is 11.5 Å². The number of alkyl halides is 3. The summed E-state index contributed by atoms with van der Waals surface area (Å²) < 4.78 is 36.8. The number of hydrogen-bond donors (Lipinski definition) is 2. The molecule has 0 spiro atoms. The molecule has 2 N–H and O–H groups in total. The molecule has 6 nitrogen and oxygen atoms in total. The molecule has 0 aromatic carbocycles. The van der Waals surface area contributed by atoms with E-state index in [0.29, 0.717) is 18.0 Å². The van der Waals surface area contributed by atoms with Crippen LogP contribution < -0.4 is 5.32 Å². The predicted molar refractivity (Wildman–Crippen MR) is 68.3 cm³/mol. The Balaban J connectivity index is 1.87. The number of carbonyl (C=O) groups is 1. The van der Waals surface area contributed by atoms with Gasteiger partial charge >= 0.3 is 12.1 Å². The minimum absolute atomic E-state index is 0.0238. The highest BCUT2D eigenvalue weighted by atomic mass is 32.1. The quantitative estimate of drug-likeness (QED) is 0.879. The van der Waals surface area contributed by atoms with Gasteiger partial charge in [0.2, 0.25) is 0 Å². The number of rotatable bonds is 5. The summed E-state index contributed by atoms with van der Waals surface area (Å²) in [6, 6.07) is 2.02. The van der Waals surface area contributed by atoms with Gasteiger partial charge in [-0.3, -0.25) is 0 Å². The Morgan fingerprint density at radius 2 is 2.10 bits per heavy atom. The zero-order valence-electron chi connectivity index (χ0n) is 10.4. The lowest BCUT2D eigenvalue weighted by Gasteiger charge is -2.06. The molecule has 2 aromatic rings. The second kappa shape index (κ2) is 6.04. The lowest BCUT2D eigenvalue weighted by Crippen LogP contribution is -2.11. The van der Waals surface area contributed by atoms with Gasteiger partial charge in [0.1, 0.15) is 5.82 Å². The number of aromatic carboxylic acids is 1. The monoisotopic (exact) mass is 318 g/mol. The van der Waals surface area contributed by atoms with E-state index in [1.807, 2.05) is 0 Å². The van der Waals surface area contributed by atoms with Gasteiger partial charge < -0.3 is 10.4 Å². The van der Waals surface area contributed by atoms with E-state index in [2.05, 4.69) is 20.5 Å². The fraction of sp³-hybridized carbons (Fsp3) is 0.273. The summed E-state index contributed by atoms with van der Waals surface area (Å²) in [7, 11) is 0. The molecule has 0 bridgehead atoms. The van der Waals surface area contributed by atoms with Crippen molar-refractivity contribution >= 4 is 23.1 Å². The molecule has 0 aliphatic rings. The van der Waals surface area contributed by atoms with E-state index in [0.717, 1.165) is 6.07 Å². The summed E-state index contributed by atoms with van der Waals surface area (Å²) in [4.78, 5) is 14.5. The average molecular weight is 318 g/mol. The van der Waals surface area contributed by atoms with Gasteiger partial charge in [-0.15, -0.1) is 21.5 Å². The molecule has 0 amide bonds. The zero-order valence-corrected chi connectivity index (χ0v) is 11.2. The van der Waals surface area contributed by atoms with Gasteiger partial charge in [0.15, 0.2) is 11.4 Å².